The number of rotatable bonds is 3. The summed E-state index contributed by atoms with van der Waals surface area (Å²) in [5, 5.41) is 5.76. The van der Waals surface area contributed by atoms with Crippen molar-refractivity contribution in [2.45, 2.75) is 25.8 Å². The van der Waals surface area contributed by atoms with Gasteiger partial charge < -0.3 is 10.6 Å². The van der Waals surface area contributed by atoms with Crippen LogP contribution in [0.15, 0.2) is 48.5 Å². The molecule has 112 valence electrons. The summed E-state index contributed by atoms with van der Waals surface area (Å²) in [5.74, 6) is -0.644. The highest BCUT2D eigenvalue weighted by Crippen LogP contribution is 2.32. The Labute approximate surface area is 129 Å². The lowest BCUT2D eigenvalue weighted by atomic mass is 9.90. The van der Waals surface area contributed by atoms with Gasteiger partial charge in [-0.1, -0.05) is 42.5 Å². The van der Waals surface area contributed by atoms with Crippen LogP contribution < -0.4 is 10.6 Å². The number of amides is 2. The zero-order valence-electron chi connectivity index (χ0n) is 12.4. The van der Waals surface area contributed by atoms with Gasteiger partial charge in [0, 0.05) is 18.7 Å². The Bertz CT molecular complexity index is 725. The second-order valence-electron chi connectivity index (χ2n) is 5.54. The number of fused-ring (bicyclic) bond motifs is 1. The minimum absolute atomic E-state index is 0.106. The van der Waals surface area contributed by atoms with Crippen LogP contribution in [0.5, 0.6) is 0 Å². The van der Waals surface area contributed by atoms with E-state index in [1.54, 1.807) is 0 Å². The van der Waals surface area contributed by atoms with E-state index >= 15 is 0 Å². The summed E-state index contributed by atoms with van der Waals surface area (Å²) in [6.45, 7) is 2.50. The molecular formula is C18H18N2O2. The first-order valence-electron chi connectivity index (χ1n) is 7.36. The molecular weight excluding hydrogens is 276 g/mol. The van der Waals surface area contributed by atoms with Crippen molar-refractivity contribution in [2.75, 3.05) is 5.32 Å². The van der Waals surface area contributed by atoms with Gasteiger partial charge in [-0.15, -0.1) is 0 Å². The summed E-state index contributed by atoms with van der Waals surface area (Å²) >= 11 is 0. The van der Waals surface area contributed by atoms with Gasteiger partial charge in [-0.3, -0.25) is 9.59 Å². The zero-order valence-corrected chi connectivity index (χ0v) is 12.4. The van der Waals surface area contributed by atoms with E-state index < -0.39 is 5.92 Å². The fourth-order valence-corrected chi connectivity index (χ4v) is 2.76. The summed E-state index contributed by atoms with van der Waals surface area (Å²) in [6, 6.07) is 15.4. The molecule has 0 aliphatic carbocycles. The maximum absolute atomic E-state index is 12.5. The smallest absolute Gasteiger partial charge is 0.228 e. The average molecular weight is 294 g/mol. The molecule has 1 unspecified atom stereocenters. The molecule has 1 aliphatic rings. The number of aryl methyl sites for hydroxylation is 1. The first kappa shape index (κ1) is 14.3. The average Bonchev–Trinajstić information content (AvgIpc) is 2.53. The highest BCUT2D eigenvalue weighted by Gasteiger charge is 2.30. The molecule has 1 atom stereocenters. The van der Waals surface area contributed by atoms with Gasteiger partial charge in [0.2, 0.25) is 11.8 Å². The van der Waals surface area contributed by atoms with Crippen molar-refractivity contribution in [1.29, 1.82) is 0 Å². The summed E-state index contributed by atoms with van der Waals surface area (Å²) in [5.41, 5.74) is 3.84. The molecule has 2 N–H and O–H groups in total. The maximum Gasteiger partial charge on any atom is 0.228 e. The lowest BCUT2D eigenvalue weighted by molar-refractivity contribution is -0.126. The van der Waals surface area contributed by atoms with E-state index in [4.69, 9.17) is 0 Å². The number of carbonyl (C=O) groups is 2. The Morgan fingerprint density at radius 1 is 1.18 bits per heavy atom. The number of para-hydroxylation sites is 1. The van der Waals surface area contributed by atoms with Crippen LogP contribution in [0.2, 0.25) is 0 Å². The molecule has 2 aromatic rings. The number of anilines is 1. The molecule has 4 nitrogen and oxygen atoms in total. The second kappa shape index (κ2) is 6.02. The normalized spacial score (nSPS) is 16.6. The fraction of sp³-hybridized carbons (Fsp3) is 0.222. The van der Waals surface area contributed by atoms with E-state index in [2.05, 4.69) is 10.6 Å². The van der Waals surface area contributed by atoms with E-state index in [0.717, 1.165) is 22.4 Å². The van der Waals surface area contributed by atoms with Crippen LogP contribution >= 0.6 is 0 Å². The molecule has 0 radical (unpaired) electrons. The maximum atomic E-state index is 12.5. The Hall–Kier alpha value is -2.62. The number of benzene rings is 2. The Balaban J connectivity index is 1.75. The van der Waals surface area contributed by atoms with Crippen LogP contribution in [0.4, 0.5) is 5.69 Å². The quantitative estimate of drug-likeness (QED) is 0.914. The summed E-state index contributed by atoms with van der Waals surface area (Å²) < 4.78 is 0. The summed E-state index contributed by atoms with van der Waals surface area (Å²) in [7, 11) is 0. The molecule has 0 bridgehead atoms. The van der Waals surface area contributed by atoms with Crippen LogP contribution in [0.25, 0.3) is 0 Å². The third kappa shape index (κ3) is 2.86. The van der Waals surface area contributed by atoms with Crippen molar-refractivity contribution < 1.29 is 9.59 Å². The van der Waals surface area contributed by atoms with Gasteiger partial charge in [0.15, 0.2) is 0 Å². The van der Waals surface area contributed by atoms with E-state index in [-0.39, 0.29) is 18.2 Å². The van der Waals surface area contributed by atoms with Gasteiger partial charge in [-0.2, -0.15) is 0 Å². The van der Waals surface area contributed by atoms with Crippen molar-refractivity contribution in [2.24, 2.45) is 0 Å². The number of hydrogen-bond donors (Lipinski definition) is 2. The van der Waals surface area contributed by atoms with E-state index in [0.29, 0.717) is 6.54 Å². The molecule has 0 fully saturated rings. The van der Waals surface area contributed by atoms with Gasteiger partial charge in [0.1, 0.15) is 0 Å². The SMILES string of the molecule is Cc1ccccc1CNC(=O)C1CC(=O)Nc2ccccc21. The molecule has 0 aromatic heterocycles. The van der Waals surface area contributed by atoms with Crippen LogP contribution in [0.3, 0.4) is 0 Å². The van der Waals surface area contributed by atoms with Crippen molar-refractivity contribution in [3.05, 3.63) is 65.2 Å². The van der Waals surface area contributed by atoms with Crippen LogP contribution in [0, 0.1) is 6.92 Å². The van der Waals surface area contributed by atoms with Crippen molar-refractivity contribution in [1.82, 2.24) is 5.32 Å². The highest BCUT2D eigenvalue weighted by atomic mass is 16.2. The number of hydrogen-bond acceptors (Lipinski definition) is 2. The van der Waals surface area contributed by atoms with E-state index in [1.807, 2.05) is 55.5 Å². The van der Waals surface area contributed by atoms with Crippen molar-refractivity contribution in [3.63, 3.8) is 0 Å². The number of carbonyl (C=O) groups excluding carboxylic acids is 2. The first-order chi connectivity index (χ1) is 10.6. The molecule has 2 amide bonds. The minimum atomic E-state index is -0.422. The molecule has 0 saturated carbocycles. The van der Waals surface area contributed by atoms with Gasteiger partial charge >= 0.3 is 0 Å². The lowest BCUT2D eigenvalue weighted by Crippen LogP contribution is -2.34. The minimum Gasteiger partial charge on any atom is -0.351 e. The molecule has 22 heavy (non-hydrogen) atoms. The molecule has 0 saturated heterocycles. The highest BCUT2D eigenvalue weighted by molar-refractivity contribution is 6.01. The monoisotopic (exact) mass is 294 g/mol. The van der Waals surface area contributed by atoms with Crippen LogP contribution in [0.1, 0.15) is 29.0 Å². The Kier molecular flexibility index (Phi) is 3.92. The standard InChI is InChI=1S/C18H18N2O2/c1-12-6-2-3-7-13(12)11-19-18(22)15-10-17(21)20-16-9-5-4-8-14(15)16/h2-9,15H,10-11H2,1H3,(H,19,22)(H,20,21). The molecule has 4 heteroatoms. The van der Waals surface area contributed by atoms with Gasteiger partial charge in [-0.25, -0.2) is 0 Å². The molecule has 3 rings (SSSR count). The molecule has 1 heterocycles. The molecule has 1 aliphatic heterocycles. The summed E-state index contributed by atoms with van der Waals surface area (Å²) in [6.07, 6.45) is 0.191. The van der Waals surface area contributed by atoms with Crippen molar-refractivity contribution in [3.8, 4) is 0 Å². The predicted molar refractivity (Wildman–Crippen MR) is 85.5 cm³/mol. The van der Waals surface area contributed by atoms with Gasteiger partial charge in [-0.05, 0) is 29.7 Å². The topological polar surface area (TPSA) is 58.2 Å². The third-order valence-corrected chi connectivity index (χ3v) is 4.03. The largest absolute Gasteiger partial charge is 0.351 e. The van der Waals surface area contributed by atoms with Gasteiger partial charge in [0.05, 0.1) is 5.92 Å². The van der Waals surface area contributed by atoms with Gasteiger partial charge in [0.25, 0.3) is 0 Å². The molecule has 2 aromatic carbocycles. The van der Waals surface area contributed by atoms with Crippen LogP contribution in [-0.2, 0) is 16.1 Å². The lowest BCUT2D eigenvalue weighted by Gasteiger charge is -2.24. The van der Waals surface area contributed by atoms with Crippen molar-refractivity contribution >= 4 is 17.5 Å². The zero-order chi connectivity index (χ0) is 15.5. The first-order valence-corrected chi connectivity index (χ1v) is 7.36. The Morgan fingerprint density at radius 3 is 2.73 bits per heavy atom. The van der Waals surface area contributed by atoms with E-state index in [9.17, 15) is 9.59 Å². The fourth-order valence-electron chi connectivity index (χ4n) is 2.76. The predicted octanol–water partition coefficient (Wildman–Crippen LogP) is 2.74. The second-order valence-corrected chi connectivity index (χ2v) is 5.54. The third-order valence-electron chi connectivity index (χ3n) is 4.03. The number of nitrogens with one attached hydrogen (secondary N) is 2. The molecule has 0 spiro atoms. The Morgan fingerprint density at radius 2 is 1.91 bits per heavy atom. The summed E-state index contributed by atoms with van der Waals surface area (Å²) in [4.78, 5) is 24.3. The van der Waals surface area contributed by atoms with Crippen LogP contribution in [-0.4, -0.2) is 11.8 Å². The van der Waals surface area contributed by atoms with E-state index in [1.165, 1.54) is 0 Å².